The average Bonchev–Trinajstić information content (AvgIpc) is 2.67. The molecule has 0 aliphatic carbocycles. The molecule has 0 aromatic carbocycles. The van der Waals surface area contributed by atoms with Crippen LogP contribution in [0.15, 0.2) is 0 Å². The van der Waals surface area contributed by atoms with Gasteiger partial charge >= 0.3 is 15.6 Å². The van der Waals surface area contributed by atoms with Gasteiger partial charge in [0.2, 0.25) is 0 Å². The van der Waals surface area contributed by atoms with Crippen molar-refractivity contribution in [3.05, 3.63) is 0 Å². The molecule has 0 aromatic heterocycles. The fourth-order valence-corrected chi connectivity index (χ4v) is 7.38. The molecular formula is C25H53F3O8SSi3. The lowest BCUT2D eigenvalue weighted by molar-refractivity contribution is -0.275. The van der Waals surface area contributed by atoms with Crippen LogP contribution in [0.5, 0.6) is 0 Å². The molecule has 8 nitrogen and oxygen atoms in total. The number of halogens is 3. The molecule has 1 aliphatic heterocycles. The average molecular weight is 655 g/mol. The number of ether oxygens (including phenoxy) is 1. The molecule has 40 heavy (non-hydrogen) atoms. The monoisotopic (exact) mass is 654 g/mol. The highest BCUT2D eigenvalue weighted by Crippen LogP contribution is 2.44. The van der Waals surface area contributed by atoms with Crippen LogP contribution in [0, 0.1) is 0 Å². The van der Waals surface area contributed by atoms with Crippen molar-refractivity contribution in [3.8, 4) is 0 Å². The number of aliphatic hydroxyl groups is 1. The molecule has 1 aliphatic rings. The van der Waals surface area contributed by atoms with Crippen LogP contribution in [0.1, 0.15) is 62.3 Å². The maximum absolute atomic E-state index is 13.6. The van der Waals surface area contributed by atoms with E-state index >= 15 is 0 Å². The Balaban J connectivity index is 3.78. The molecule has 0 spiro atoms. The fraction of sp³-hybridized carbons (Fsp3) is 1.00. The Morgan fingerprint density at radius 1 is 0.700 bits per heavy atom. The van der Waals surface area contributed by atoms with E-state index in [0.29, 0.717) is 0 Å². The van der Waals surface area contributed by atoms with Crippen LogP contribution in [-0.4, -0.2) is 81.3 Å². The molecule has 0 unspecified atom stereocenters. The van der Waals surface area contributed by atoms with Gasteiger partial charge in [-0.15, -0.1) is 0 Å². The first-order valence-electron chi connectivity index (χ1n) is 13.6. The van der Waals surface area contributed by atoms with Crippen molar-refractivity contribution in [1.82, 2.24) is 0 Å². The first-order chi connectivity index (χ1) is 17.3. The predicted octanol–water partition coefficient (Wildman–Crippen LogP) is 6.74. The summed E-state index contributed by atoms with van der Waals surface area (Å²) in [4.78, 5) is 0. The molecule has 1 saturated heterocycles. The molecule has 1 N–H and O–H groups in total. The van der Waals surface area contributed by atoms with Crippen molar-refractivity contribution in [2.75, 3.05) is 6.61 Å². The van der Waals surface area contributed by atoms with E-state index in [9.17, 15) is 26.7 Å². The lowest BCUT2D eigenvalue weighted by Crippen LogP contribution is -2.67. The Bertz CT molecular complexity index is 968. The van der Waals surface area contributed by atoms with Crippen molar-refractivity contribution >= 4 is 35.1 Å². The molecule has 0 bridgehead atoms. The van der Waals surface area contributed by atoms with Crippen molar-refractivity contribution < 1.29 is 48.9 Å². The number of aliphatic hydroxyl groups excluding tert-OH is 1. The highest BCUT2D eigenvalue weighted by atomic mass is 32.2. The van der Waals surface area contributed by atoms with Gasteiger partial charge in [-0.2, -0.15) is 21.6 Å². The van der Waals surface area contributed by atoms with Gasteiger partial charge in [0, 0.05) is 0 Å². The van der Waals surface area contributed by atoms with E-state index in [1.165, 1.54) is 0 Å². The second kappa shape index (κ2) is 11.9. The summed E-state index contributed by atoms with van der Waals surface area (Å²) in [6.45, 7) is 28.9. The summed E-state index contributed by atoms with van der Waals surface area (Å²) in [6, 6.07) is 0. The maximum atomic E-state index is 13.6. The summed E-state index contributed by atoms with van der Waals surface area (Å²) in [7, 11) is -14.0. The Morgan fingerprint density at radius 2 is 1.07 bits per heavy atom. The standard InChI is InChI=1S/C25H53F3O8SSi3/c1-22(2,3)38(10,11)32-16-17-18(34-37(30,31)25(26,27)28)19(35-39(12,13)23(4,5)6)20(21(29)33-17)36-40(14,15)24(7,8)9/h17-21,29H,16H2,1-15H3/t17-,18+,19+,20-,21+/m1/s1. The minimum Gasteiger partial charge on any atom is -0.414 e. The van der Waals surface area contributed by atoms with Gasteiger partial charge in [0.25, 0.3) is 0 Å². The van der Waals surface area contributed by atoms with Crippen molar-refractivity contribution in [2.45, 2.75) is 153 Å². The molecule has 1 heterocycles. The second-order valence-corrected chi connectivity index (χ2v) is 31.2. The van der Waals surface area contributed by atoms with E-state index in [4.69, 9.17) is 22.2 Å². The van der Waals surface area contributed by atoms with Gasteiger partial charge in [-0.25, -0.2) is 0 Å². The van der Waals surface area contributed by atoms with Gasteiger partial charge in [-0.3, -0.25) is 4.18 Å². The number of hydrogen-bond donors (Lipinski definition) is 1. The van der Waals surface area contributed by atoms with Crippen molar-refractivity contribution in [2.24, 2.45) is 0 Å². The fourth-order valence-electron chi connectivity index (χ4n) is 3.15. The molecule has 5 atom stereocenters. The van der Waals surface area contributed by atoms with E-state index in [1.807, 2.05) is 102 Å². The number of rotatable bonds is 9. The van der Waals surface area contributed by atoms with Gasteiger partial charge < -0.3 is 23.1 Å². The molecule has 240 valence electrons. The highest BCUT2D eigenvalue weighted by Gasteiger charge is 2.58. The van der Waals surface area contributed by atoms with Crippen LogP contribution in [0.25, 0.3) is 0 Å². The first kappa shape index (κ1) is 38.2. The second-order valence-electron chi connectivity index (χ2n) is 15.3. The van der Waals surface area contributed by atoms with Gasteiger partial charge in [-0.1, -0.05) is 62.3 Å². The predicted molar refractivity (Wildman–Crippen MR) is 158 cm³/mol. The van der Waals surface area contributed by atoms with Gasteiger partial charge in [0.05, 0.1) is 6.61 Å². The molecule has 0 radical (unpaired) electrons. The van der Waals surface area contributed by atoms with Crippen molar-refractivity contribution in [1.29, 1.82) is 0 Å². The first-order valence-corrected chi connectivity index (χ1v) is 23.7. The van der Waals surface area contributed by atoms with Crippen LogP contribution < -0.4 is 0 Å². The van der Waals surface area contributed by atoms with Crippen molar-refractivity contribution in [3.63, 3.8) is 0 Å². The summed E-state index contributed by atoms with van der Waals surface area (Å²) in [5.41, 5.74) is -5.68. The summed E-state index contributed by atoms with van der Waals surface area (Å²) in [5.74, 6) is 0. The molecule has 15 heteroatoms. The molecule has 1 fully saturated rings. The van der Waals surface area contributed by atoms with Crippen LogP contribution in [0.3, 0.4) is 0 Å². The quantitative estimate of drug-likeness (QED) is 0.166. The van der Waals surface area contributed by atoms with Gasteiger partial charge in [0.15, 0.2) is 31.2 Å². The van der Waals surface area contributed by atoms with Crippen LogP contribution in [-0.2, 0) is 32.3 Å². The van der Waals surface area contributed by atoms with E-state index in [2.05, 4.69) is 0 Å². The zero-order chi connectivity index (χ0) is 32.1. The third-order valence-corrected chi connectivity index (χ3v) is 23.5. The third-order valence-electron chi connectivity index (χ3n) is 9.02. The lowest BCUT2D eigenvalue weighted by Gasteiger charge is -2.51. The highest BCUT2D eigenvalue weighted by molar-refractivity contribution is 7.87. The molecule has 0 aromatic rings. The zero-order valence-corrected chi connectivity index (χ0v) is 30.8. The van der Waals surface area contributed by atoms with E-state index in [-0.39, 0.29) is 16.7 Å². The van der Waals surface area contributed by atoms with Gasteiger partial charge in [0.1, 0.15) is 24.4 Å². The topological polar surface area (TPSA) is 101 Å². The Labute approximate surface area is 243 Å². The number of alkyl halides is 3. The summed E-state index contributed by atoms with van der Waals surface area (Å²) in [6.07, 6.45) is -7.47. The molecular weight excluding hydrogens is 602 g/mol. The van der Waals surface area contributed by atoms with Crippen LogP contribution >= 0.6 is 0 Å². The SMILES string of the molecule is CC(C)(C)[Si](C)(C)OC[C@H]1O[C@H](O)[C@H](O[Si](C)(C)C(C)(C)C)[C@@H](O[Si](C)(C)C(C)(C)C)[C@H]1OS(=O)(=O)C(F)(F)F. The minimum atomic E-state index is -6.06. The largest absolute Gasteiger partial charge is 0.523 e. The summed E-state index contributed by atoms with van der Waals surface area (Å²) < 4.78 is 95.6. The van der Waals surface area contributed by atoms with Crippen LogP contribution in [0.4, 0.5) is 13.2 Å². The Kier molecular flexibility index (Phi) is 11.4. The zero-order valence-electron chi connectivity index (χ0n) is 26.9. The molecule has 1 rings (SSSR count). The summed E-state index contributed by atoms with van der Waals surface area (Å²) in [5, 5.41) is 10.2. The van der Waals surface area contributed by atoms with E-state index < -0.39 is 76.3 Å². The normalized spacial score (nSPS) is 26.7. The van der Waals surface area contributed by atoms with Crippen LogP contribution in [0.2, 0.25) is 54.4 Å². The summed E-state index contributed by atoms with van der Waals surface area (Å²) >= 11 is 0. The van der Waals surface area contributed by atoms with E-state index in [0.717, 1.165) is 0 Å². The minimum absolute atomic E-state index is 0.250. The Morgan fingerprint density at radius 3 is 1.43 bits per heavy atom. The molecule has 0 amide bonds. The number of hydrogen-bond acceptors (Lipinski definition) is 8. The smallest absolute Gasteiger partial charge is 0.414 e. The lowest BCUT2D eigenvalue weighted by atomic mass is 9.99. The molecule has 0 saturated carbocycles. The van der Waals surface area contributed by atoms with E-state index in [1.54, 1.807) is 0 Å². The van der Waals surface area contributed by atoms with Gasteiger partial charge in [-0.05, 0) is 54.4 Å². The third kappa shape index (κ3) is 8.85. The maximum Gasteiger partial charge on any atom is 0.523 e. The Hall–Kier alpha value is 0.151.